The van der Waals surface area contributed by atoms with E-state index < -0.39 is 0 Å². The van der Waals surface area contributed by atoms with Gasteiger partial charge in [0.1, 0.15) is 0 Å². The first-order chi connectivity index (χ1) is 8.25. The van der Waals surface area contributed by atoms with E-state index in [1.54, 1.807) is 11.3 Å². The number of thiazole rings is 1. The predicted molar refractivity (Wildman–Crippen MR) is 74.8 cm³/mol. The summed E-state index contributed by atoms with van der Waals surface area (Å²) in [5.41, 5.74) is 6.38. The zero-order valence-electron chi connectivity index (χ0n) is 9.27. The van der Waals surface area contributed by atoms with Crippen LogP contribution in [0.1, 0.15) is 5.56 Å². The maximum atomic E-state index is 6.28. The minimum atomic E-state index is 0.800. The number of benzene rings is 2. The third-order valence-corrected chi connectivity index (χ3v) is 3.95. The molecule has 0 fully saturated rings. The van der Waals surface area contributed by atoms with Crippen molar-refractivity contribution in [3.63, 3.8) is 0 Å². The van der Waals surface area contributed by atoms with Crippen LogP contribution in [0.15, 0.2) is 41.9 Å². The van der Waals surface area contributed by atoms with Crippen LogP contribution in [0.3, 0.4) is 0 Å². The molecule has 0 saturated carbocycles. The summed E-state index contributed by atoms with van der Waals surface area (Å²) in [6.07, 6.45) is 0. The first-order valence-electron chi connectivity index (χ1n) is 5.34. The first-order valence-corrected chi connectivity index (χ1v) is 6.60. The number of rotatable bonds is 1. The average molecular weight is 260 g/mol. The fourth-order valence-corrected chi connectivity index (χ4v) is 3.06. The molecular formula is C14H10ClNS. The van der Waals surface area contributed by atoms with Crippen molar-refractivity contribution in [3.05, 3.63) is 52.5 Å². The van der Waals surface area contributed by atoms with E-state index in [0.717, 1.165) is 21.7 Å². The Morgan fingerprint density at radius 1 is 1.18 bits per heavy atom. The minimum Gasteiger partial charge on any atom is -0.245 e. The monoisotopic (exact) mass is 259 g/mol. The maximum absolute atomic E-state index is 6.28. The van der Waals surface area contributed by atoms with E-state index in [4.69, 9.17) is 11.6 Å². The third kappa shape index (κ3) is 1.84. The molecule has 3 rings (SSSR count). The lowest BCUT2D eigenvalue weighted by Crippen LogP contribution is -1.84. The Balaban J connectivity index is 2.26. The van der Waals surface area contributed by atoms with Gasteiger partial charge in [-0.3, -0.25) is 0 Å². The number of aryl methyl sites for hydroxylation is 1. The molecule has 0 unspecified atom stereocenters. The van der Waals surface area contributed by atoms with Gasteiger partial charge in [-0.15, -0.1) is 11.3 Å². The second-order valence-corrected chi connectivity index (χ2v) is 5.26. The van der Waals surface area contributed by atoms with Crippen molar-refractivity contribution >= 4 is 33.2 Å². The lowest BCUT2D eigenvalue weighted by atomic mass is 10.0. The highest BCUT2D eigenvalue weighted by molar-refractivity contribution is 7.16. The topological polar surface area (TPSA) is 12.9 Å². The van der Waals surface area contributed by atoms with E-state index in [0.29, 0.717) is 0 Å². The molecule has 1 nitrogen and oxygen atoms in total. The molecular weight excluding hydrogens is 250 g/mol. The Morgan fingerprint density at radius 2 is 2.06 bits per heavy atom. The van der Waals surface area contributed by atoms with Crippen molar-refractivity contribution in [1.29, 1.82) is 0 Å². The van der Waals surface area contributed by atoms with Gasteiger partial charge in [0, 0.05) is 10.6 Å². The third-order valence-electron chi connectivity index (χ3n) is 2.84. The van der Waals surface area contributed by atoms with E-state index in [9.17, 15) is 0 Å². The molecule has 0 atom stereocenters. The highest BCUT2D eigenvalue weighted by Gasteiger charge is 2.07. The van der Waals surface area contributed by atoms with Gasteiger partial charge in [-0.1, -0.05) is 29.8 Å². The summed E-state index contributed by atoms with van der Waals surface area (Å²) in [7, 11) is 0. The summed E-state index contributed by atoms with van der Waals surface area (Å²) in [6.45, 7) is 2.08. The zero-order valence-corrected chi connectivity index (χ0v) is 10.8. The lowest BCUT2D eigenvalue weighted by molar-refractivity contribution is 1.46. The largest absolute Gasteiger partial charge is 0.245 e. The number of aromatic nitrogens is 1. The van der Waals surface area contributed by atoms with Crippen LogP contribution in [-0.2, 0) is 0 Å². The molecule has 0 spiro atoms. The summed E-state index contributed by atoms with van der Waals surface area (Å²) < 4.78 is 1.20. The molecule has 2 aromatic carbocycles. The van der Waals surface area contributed by atoms with E-state index >= 15 is 0 Å². The van der Waals surface area contributed by atoms with Gasteiger partial charge >= 0.3 is 0 Å². The average Bonchev–Trinajstić information content (AvgIpc) is 2.76. The normalized spacial score (nSPS) is 10.9. The van der Waals surface area contributed by atoms with Gasteiger partial charge in [-0.2, -0.15) is 0 Å². The lowest BCUT2D eigenvalue weighted by Gasteiger charge is -2.08. The van der Waals surface area contributed by atoms with Crippen LogP contribution < -0.4 is 0 Å². The van der Waals surface area contributed by atoms with Crippen molar-refractivity contribution in [2.24, 2.45) is 0 Å². The standard InChI is InChI=1S/C14H10ClNS/c1-9-3-2-4-11(15)14(9)10-5-6-12-13(7-10)17-8-16-12/h2-8H,1H3. The molecule has 17 heavy (non-hydrogen) atoms. The van der Waals surface area contributed by atoms with E-state index in [1.165, 1.54) is 10.3 Å². The fraction of sp³-hybridized carbons (Fsp3) is 0.0714. The summed E-state index contributed by atoms with van der Waals surface area (Å²) in [4.78, 5) is 4.28. The predicted octanol–water partition coefficient (Wildman–Crippen LogP) is 4.93. The van der Waals surface area contributed by atoms with Crippen molar-refractivity contribution in [1.82, 2.24) is 4.98 Å². The van der Waals surface area contributed by atoms with Crippen molar-refractivity contribution in [2.45, 2.75) is 6.92 Å². The molecule has 0 N–H and O–H groups in total. The molecule has 0 aliphatic heterocycles. The van der Waals surface area contributed by atoms with E-state index in [-0.39, 0.29) is 0 Å². The highest BCUT2D eigenvalue weighted by atomic mass is 35.5. The first kappa shape index (κ1) is 10.8. The molecule has 0 amide bonds. The van der Waals surface area contributed by atoms with E-state index in [1.807, 2.05) is 23.7 Å². The molecule has 1 aromatic heterocycles. The van der Waals surface area contributed by atoms with Crippen molar-refractivity contribution in [2.75, 3.05) is 0 Å². The Bertz CT molecular complexity index is 667. The zero-order chi connectivity index (χ0) is 11.8. The second kappa shape index (κ2) is 4.13. The van der Waals surface area contributed by atoms with Crippen molar-refractivity contribution < 1.29 is 0 Å². The molecule has 0 bridgehead atoms. The van der Waals surface area contributed by atoms with Gasteiger partial charge in [0.25, 0.3) is 0 Å². The number of halogens is 1. The molecule has 1 heterocycles. The van der Waals surface area contributed by atoms with Crippen LogP contribution in [0.2, 0.25) is 5.02 Å². The van der Waals surface area contributed by atoms with Crippen LogP contribution in [0.5, 0.6) is 0 Å². The van der Waals surface area contributed by atoms with Gasteiger partial charge < -0.3 is 0 Å². The fourth-order valence-electron chi connectivity index (χ4n) is 2.01. The second-order valence-electron chi connectivity index (χ2n) is 3.97. The molecule has 0 radical (unpaired) electrons. The van der Waals surface area contributed by atoms with Crippen LogP contribution in [-0.4, -0.2) is 4.98 Å². The minimum absolute atomic E-state index is 0.800. The summed E-state index contributed by atoms with van der Waals surface area (Å²) in [5, 5.41) is 0.800. The Labute approximate surface area is 109 Å². The molecule has 84 valence electrons. The van der Waals surface area contributed by atoms with Gasteiger partial charge in [0.2, 0.25) is 0 Å². The number of nitrogens with zero attached hydrogens (tertiary/aromatic N) is 1. The Morgan fingerprint density at radius 3 is 2.88 bits per heavy atom. The van der Waals surface area contributed by atoms with Crippen LogP contribution in [0.25, 0.3) is 21.3 Å². The Kier molecular flexibility index (Phi) is 2.61. The molecule has 0 aliphatic rings. The summed E-state index contributed by atoms with van der Waals surface area (Å²) in [6, 6.07) is 12.3. The highest BCUT2D eigenvalue weighted by Crippen LogP contribution is 2.33. The van der Waals surface area contributed by atoms with Gasteiger partial charge in [-0.05, 0) is 36.2 Å². The molecule has 0 aliphatic carbocycles. The van der Waals surface area contributed by atoms with Crippen LogP contribution in [0.4, 0.5) is 0 Å². The number of hydrogen-bond acceptors (Lipinski definition) is 2. The molecule has 3 aromatic rings. The maximum Gasteiger partial charge on any atom is 0.0812 e. The van der Waals surface area contributed by atoms with Gasteiger partial charge in [0.05, 0.1) is 15.7 Å². The van der Waals surface area contributed by atoms with Gasteiger partial charge in [0.15, 0.2) is 0 Å². The summed E-state index contributed by atoms with van der Waals surface area (Å²) in [5.74, 6) is 0. The Hall–Kier alpha value is -1.38. The molecule has 3 heteroatoms. The van der Waals surface area contributed by atoms with Crippen LogP contribution >= 0.6 is 22.9 Å². The number of fused-ring (bicyclic) bond motifs is 1. The van der Waals surface area contributed by atoms with Crippen LogP contribution in [0, 0.1) is 6.92 Å². The van der Waals surface area contributed by atoms with Gasteiger partial charge in [-0.25, -0.2) is 4.98 Å². The summed E-state index contributed by atoms with van der Waals surface area (Å²) >= 11 is 7.93. The number of hydrogen-bond donors (Lipinski definition) is 0. The molecule has 0 saturated heterocycles. The SMILES string of the molecule is Cc1cccc(Cl)c1-c1ccc2ncsc2c1. The van der Waals surface area contributed by atoms with Crippen molar-refractivity contribution in [3.8, 4) is 11.1 Å². The van der Waals surface area contributed by atoms with E-state index in [2.05, 4.69) is 30.1 Å². The smallest absolute Gasteiger partial charge is 0.0812 e. The quantitative estimate of drug-likeness (QED) is 0.604.